The van der Waals surface area contributed by atoms with Gasteiger partial charge in [-0.15, -0.1) is 0 Å². The summed E-state index contributed by atoms with van der Waals surface area (Å²) in [5.41, 5.74) is 4.54. The number of morpholine rings is 1. The van der Waals surface area contributed by atoms with E-state index in [9.17, 15) is 0 Å². The number of para-hydroxylation sites is 1. The molecule has 1 aromatic rings. The summed E-state index contributed by atoms with van der Waals surface area (Å²) in [6, 6.07) is 6.03. The van der Waals surface area contributed by atoms with Gasteiger partial charge in [0.1, 0.15) is 13.2 Å². The average Bonchev–Trinajstić information content (AvgIpc) is 2.46. The van der Waals surface area contributed by atoms with Crippen molar-refractivity contribution >= 4 is 0 Å². The highest BCUT2D eigenvalue weighted by atomic mass is 16.6. The van der Waals surface area contributed by atoms with Crippen LogP contribution in [0.15, 0.2) is 18.2 Å². The summed E-state index contributed by atoms with van der Waals surface area (Å²) in [5, 5.41) is 2.19. The molecule has 3 rings (SSSR count). The monoisotopic (exact) mass is 250 g/mol. The van der Waals surface area contributed by atoms with Crippen molar-refractivity contribution in [3.05, 3.63) is 23.8 Å². The van der Waals surface area contributed by atoms with Gasteiger partial charge >= 0.3 is 0 Å². The van der Waals surface area contributed by atoms with Crippen molar-refractivity contribution < 1.29 is 14.2 Å². The maximum Gasteiger partial charge on any atom is 0.165 e. The molecule has 0 unspecified atom stereocenters. The Morgan fingerprint density at radius 2 is 1.89 bits per heavy atom. The highest BCUT2D eigenvalue weighted by molar-refractivity contribution is 5.47. The van der Waals surface area contributed by atoms with Crippen molar-refractivity contribution in [3.63, 3.8) is 0 Å². The molecule has 18 heavy (non-hydrogen) atoms. The number of hydrogen-bond acceptors (Lipinski definition) is 5. The van der Waals surface area contributed by atoms with E-state index in [0.717, 1.165) is 49.9 Å². The zero-order chi connectivity index (χ0) is 12.2. The average molecular weight is 250 g/mol. The summed E-state index contributed by atoms with van der Waals surface area (Å²) in [6.07, 6.45) is 0. The zero-order valence-electron chi connectivity index (χ0n) is 10.4. The molecule has 1 aromatic carbocycles. The Bertz CT molecular complexity index is 405. The summed E-state index contributed by atoms with van der Waals surface area (Å²) in [7, 11) is 0. The van der Waals surface area contributed by atoms with E-state index >= 15 is 0 Å². The molecule has 1 N–H and O–H groups in total. The molecule has 0 spiro atoms. The molecule has 2 aliphatic rings. The van der Waals surface area contributed by atoms with Crippen LogP contribution in [0.3, 0.4) is 0 Å². The number of hydrogen-bond donors (Lipinski definition) is 1. The Balaban J connectivity index is 1.65. The Morgan fingerprint density at radius 3 is 2.78 bits per heavy atom. The number of fused-ring (bicyclic) bond motifs is 1. The molecule has 5 heteroatoms. The van der Waals surface area contributed by atoms with Crippen LogP contribution < -0.4 is 14.9 Å². The number of rotatable bonds is 3. The third kappa shape index (κ3) is 2.58. The quantitative estimate of drug-likeness (QED) is 0.859. The lowest BCUT2D eigenvalue weighted by Gasteiger charge is -2.28. The summed E-state index contributed by atoms with van der Waals surface area (Å²) in [6.45, 7) is 5.44. The topological polar surface area (TPSA) is 43.0 Å². The summed E-state index contributed by atoms with van der Waals surface area (Å²) < 4.78 is 16.6. The van der Waals surface area contributed by atoms with E-state index in [-0.39, 0.29) is 0 Å². The van der Waals surface area contributed by atoms with Crippen LogP contribution in [0.25, 0.3) is 0 Å². The fourth-order valence-corrected chi connectivity index (χ4v) is 2.19. The first-order chi connectivity index (χ1) is 8.93. The van der Waals surface area contributed by atoms with Gasteiger partial charge in [-0.05, 0) is 6.07 Å². The van der Waals surface area contributed by atoms with Crippen molar-refractivity contribution in [1.82, 2.24) is 10.4 Å². The SMILES string of the molecule is c1cc(CNN2CCOCC2)c2c(c1)OCCO2. The molecule has 0 aromatic heterocycles. The molecular weight excluding hydrogens is 232 g/mol. The molecule has 0 atom stereocenters. The second-order valence-corrected chi connectivity index (χ2v) is 4.38. The lowest BCUT2D eigenvalue weighted by molar-refractivity contribution is 0.0103. The first-order valence-corrected chi connectivity index (χ1v) is 6.37. The lowest BCUT2D eigenvalue weighted by Crippen LogP contribution is -2.45. The van der Waals surface area contributed by atoms with Crippen LogP contribution in [-0.2, 0) is 11.3 Å². The van der Waals surface area contributed by atoms with Crippen molar-refractivity contribution in [2.75, 3.05) is 39.5 Å². The van der Waals surface area contributed by atoms with E-state index in [1.165, 1.54) is 0 Å². The van der Waals surface area contributed by atoms with E-state index in [1.807, 2.05) is 12.1 Å². The van der Waals surface area contributed by atoms with E-state index in [4.69, 9.17) is 14.2 Å². The highest BCUT2D eigenvalue weighted by Gasteiger charge is 2.16. The van der Waals surface area contributed by atoms with Gasteiger partial charge in [0.05, 0.1) is 13.2 Å². The van der Waals surface area contributed by atoms with Gasteiger partial charge in [-0.1, -0.05) is 12.1 Å². The molecule has 1 fully saturated rings. The summed E-state index contributed by atoms with van der Waals surface area (Å²) >= 11 is 0. The van der Waals surface area contributed by atoms with Crippen LogP contribution in [-0.4, -0.2) is 44.5 Å². The Labute approximate surface area is 107 Å². The second-order valence-electron chi connectivity index (χ2n) is 4.38. The first kappa shape index (κ1) is 11.8. The minimum absolute atomic E-state index is 0.627. The van der Waals surface area contributed by atoms with Crippen LogP contribution in [0, 0.1) is 0 Å². The minimum atomic E-state index is 0.627. The molecular formula is C13H18N2O3. The molecule has 0 saturated carbocycles. The smallest absolute Gasteiger partial charge is 0.165 e. The Morgan fingerprint density at radius 1 is 1.06 bits per heavy atom. The Hall–Kier alpha value is -1.30. The van der Waals surface area contributed by atoms with Gasteiger partial charge < -0.3 is 14.2 Å². The van der Waals surface area contributed by atoms with Crippen LogP contribution >= 0.6 is 0 Å². The number of hydrazine groups is 1. The number of nitrogens with zero attached hydrogens (tertiary/aromatic N) is 1. The molecule has 5 nitrogen and oxygen atoms in total. The van der Waals surface area contributed by atoms with Crippen LogP contribution in [0.1, 0.15) is 5.56 Å². The molecule has 0 bridgehead atoms. The van der Waals surface area contributed by atoms with E-state index in [0.29, 0.717) is 13.2 Å². The molecule has 1 saturated heterocycles. The predicted octanol–water partition coefficient (Wildman–Crippen LogP) is 0.795. The first-order valence-electron chi connectivity index (χ1n) is 6.37. The molecule has 2 heterocycles. The third-order valence-electron chi connectivity index (χ3n) is 3.15. The second kappa shape index (κ2) is 5.56. The standard InChI is InChI=1S/C13H18N2O3/c1-2-11(10-14-15-4-6-16-7-5-15)13-12(3-1)17-8-9-18-13/h1-3,14H,4-10H2. The fraction of sp³-hybridized carbons (Fsp3) is 0.538. The minimum Gasteiger partial charge on any atom is -0.486 e. The normalized spacial score (nSPS) is 19.8. The van der Waals surface area contributed by atoms with Crippen LogP contribution in [0.2, 0.25) is 0 Å². The van der Waals surface area contributed by atoms with Crippen molar-refractivity contribution in [1.29, 1.82) is 0 Å². The number of ether oxygens (including phenoxy) is 3. The van der Waals surface area contributed by atoms with Crippen LogP contribution in [0.4, 0.5) is 0 Å². The van der Waals surface area contributed by atoms with Gasteiger partial charge in [0, 0.05) is 25.2 Å². The van der Waals surface area contributed by atoms with E-state index in [2.05, 4.69) is 16.5 Å². The van der Waals surface area contributed by atoms with Gasteiger partial charge in [0.25, 0.3) is 0 Å². The van der Waals surface area contributed by atoms with Gasteiger partial charge in [0.15, 0.2) is 11.5 Å². The highest BCUT2D eigenvalue weighted by Crippen LogP contribution is 2.33. The van der Waals surface area contributed by atoms with Crippen LogP contribution in [0.5, 0.6) is 11.5 Å². The van der Waals surface area contributed by atoms with Gasteiger partial charge in [-0.2, -0.15) is 0 Å². The van der Waals surface area contributed by atoms with Crippen molar-refractivity contribution in [2.24, 2.45) is 0 Å². The van der Waals surface area contributed by atoms with E-state index < -0.39 is 0 Å². The number of benzene rings is 1. The molecule has 0 aliphatic carbocycles. The third-order valence-corrected chi connectivity index (χ3v) is 3.15. The molecule has 0 radical (unpaired) electrons. The van der Waals surface area contributed by atoms with Crippen molar-refractivity contribution in [3.8, 4) is 11.5 Å². The fourth-order valence-electron chi connectivity index (χ4n) is 2.19. The summed E-state index contributed by atoms with van der Waals surface area (Å²) in [5.74, 6) is 1.73. The maximum absolute atomic E-state index is 5.69. The zero-order valence-corrected chi connectivity index (χ0v) is 10.4. The molecule has 0 amide bonds. The molecule has 2 aliphatic heterocycles. The lowest BCUT2D eigenvalue weighted by atomic mass is 10.2. The van der Waals surface area contributed by atoms with Crippen molar-refractivity contribution in [2.45, 2.75) is 6.54 Å². The van der Waals surface area contributed by atoms with Gasteiger partial charge in [-0.3, -0.25) is 5.43 Å². The largest absolute Gasteiger partial charge is 0.486 e. The predicted molar refractivity (Wildman–Crippen MR) is 66.7 cm³/mol. The Kier molecular flexibility index (Phi) is 3.64. The summed E-state index contributed by atoms with van der Waals surface area (Å²) in [4.78, 5) is 0. The van der Waals surface area contributed by atoms with Gasteiger partial charge in [0.2, 0.25) is 0 Å². The molecule has 98 valence electrons. The van der Waals surface area contributed by atoms with E-state index in [1.54, 1.807) is 0 Å². The number of nitrogens with one attached hydrogen (secondary N) is 1. The van der Waals surface area contributed by atoms with Gasteiger partial charge in [-0.25, -0.2) is 5.01 Å². The maximum atomic E-state index is 5.69.